The topological polar surface area (TPSA) is 95.8 Å². The molecule has 0 saturated heterocycles. The van der Waals surface area contributed by atoms with Gasteiger partial charge in [-0.2, -0.15) is 5.21 Å². The second-order valence-electron chi connectivity index (χ2n) is 2.91. The Bertz CT molecular complexity index is 558. The zero-order valence-electron chi connectivity index (χ0n) is 7.91. The van der Waals surface area contributed by atoms with E-state index < -0.39 is 5.91 Å². The summed E-state index contributed by atoms with van der Waals surface area (Å²) < 4.78 is 1.77. The van der Waals surface area contributed by atoms with Crippen LogP contribution in [0.25, 0.3) is 5.69 Å². The molecule has 3 N–H and O–H groups in total. The molecule has 2 aromatic rings. The van der Waals surface area contributed by atoms with Gasteiger partial charge in [-0.3, -0.25) is 10.0 Å². The van der Waals surface area contributed by atoms with Gasteiger partial charge in [0.15, 0.2) is 0 Å². The van der Waals surface area contributed by atoms with Gasteiger partial charge in [0, 0.05) is 5.56 Å². The lowest BCUT2D eigenvalue weighted by atomic mass is 10.2. The van der Waals surface area contributed by atoms with Gasteiger partial charge in [-0.25, -0.2) is 10.2 Å². The van der Waals surface area contributed by atoms with Gasteiger partial charge in [0.2, 0.25) is 4.77 Å². The quantitative estimate of drug-likeness (QED) is 0.400. The Morgan fingerprint density at radius 2 is 2.12 bits per heavy atom. The molecule has 7 nitrogen and oxygen atoms in total. The third kappa shape index (κ3) is 1.83. The molecule has 16 heavy (non-hydrogen) atoms. The van der Waals surface area contributed by atoms with Crippen molar-refractivity contribution in [3.8, 4) is 5.69 Å². The zero-order valence-corrected chi connectivity index (χ0v) is 8.73. The van der Waals surface area contributed by atoms with Gasteiger partial charge in [0.05, 0.1) is 5.69 Å². The molecule has 0 atom stereocenters. The van der Waals surface area contributed by atoms with Crippen molar-refractivity contribution in [3.63, 3.8) is 0 Å². The summed E-state index contributed by atoms with van der Waals surface area (Å²) in [6, 6.07) is 6.40. The van der Waals surface area contributed by atoms with Crippen LogP contribution < -0.4 is 5.48 Å². The maximum absolute atomic E-state index is 11.1. The van der Waals surface area contributed by atoms with E-state index in [2.05, 4.69) is 15.5 Å². The van der Waals surface area contributed by atoms with Crippen LogP contribution in [-0.2, 0) is 0 Å². The van der Waals surface area contributed by atoms with Crippen LogP contribution in [-0.4, -0.2) is 31.3 Å². The van der Waals surface area contributed by atoms with E-state index in [0.717, 1.165) is 0 Å². The van der Waals surface area contributed by atoms with Gasteiger partial charge < -0.3 is 0 Å². The molecule has 0 radical (unpaired) electrons. The highest BCUT2D eigenvalue weighted by Gasteiger charge is 2.04. The molecule has 1 aromatic heterocycles. The van der Waals surface area contributed by atoms with Crippen molar-refractivity contribution in [3.05, 3.63) is 34.6 Å². The van der Waals surface area contributed by atoms with Crippen molar-refractivity contribution in [1.29, 1.82) is 0 Å². The third-order valence-electron chi connectivity index (χ3n) is 1.96. The number of carbonyl (C=O) groups excluding carboxylic acids is 1. The number of nitrogens with zero attached hydrogens (tertiary/aromatic N) is 3. The molecule has 82 valence electrons. The number of hydrogen-bond donors (Lipinski definition) is 3. The van der Waals surface area contributed by atoms with Gasteiger partial charge in [-0.1, -0.05) is 10.3 Å². The van der Waals surface area contributed by atoms with Gasteiger partial charge in [-0.15, -0.1) is 0 Å². The first kappa shape index (κ1) is 10.5. The van der Waals surface area contributed by atoms with Crippen molar-refractivity contribution >= 4 is 18.1 Å². The Hall–Kier alpha value is -2.06. The lowest BCUT2D eigenvalue weighted by molar-refractivity contribution is 0.0706. The summed E-state index contributed by atoms with van der Waals surface area (Å²) in [6.45, 7) is 0. The fourth-order valence-electron chi connectivity index (χ4n) is 1.19. The first-order chi connectivity index (χ1) is 7.72. The number of aromatic nitrogens is 4. The van der Waals surface area contributed by atoms with Crippen LogP contribution in [0.4, 0.5) is 0 Å². The Morgan fingerprint density at radius 3 is 2.62 bits per heavy atom. The number of amides is 1. The summed E-state index contributed by atoms with van der Waals surface area (Å²) in [4.78, 5) is 11.1. The lowest BCUT2D eigenvalue weighted by Crippen LogP contribution is -2.18. The van der Waals surface area contributed by atoms with Crippen molar-refractivity contribution in [2.45, 2.75) is 0 Å². The van der Waals surface area contributed by atoms with Crippen molar-refractivity contribution < 1.29 is 10.0 Å². The number of rotatable bonds is 2. The minimum absolute atomic E-state index is 0.291. The Balaban J connectivity index is 2.37. The molecule has 1 heterocycles. The molecule has 0 aliphatic carbocycles. The lowest BCUT2D eigenvalue weighted by Gasteiger charge is -2.02. The first-order valence-electron chi connectivity index (χ1n) is 4.27. The van der Waals surface area contributed by atoms with E-state index in [1.807, 2.05) is 0 Å². The number of hydroxylamine groups is 1. The van der Waals surface area contributed by atoms with E-state index in [9.17, 15) is 4.79 Å². The number of H-pyrrole nitrogens is 1. The number of benzene rings is 1. The Kier molecular flexibility index (Phi) is 2.75. The highest BCUT2D eigenvalue weighted by molar-refractivity contribution is 7.71. The molecule has 0 bridgehead atoms. The van der Waals surface area contributed by atoms with Crippen LogP contribution in [0.5, 0.6) is 0 Å². The molecule has 0 spiro atoms. The SMILES string of the molecule is O=C(NO)c1ccc(-n2[nH]nnc2=S)cc1. The maximum atomic E-state index is 11.1. The number of tetrazole rings is 1. The van der Waals surface area contributed by atoms with Gasteiger partial charge in [0.1, 0.15) is 0 Å². The minimum Gasteiger partial charge on any atom is -0.288 e. The highest BCUT2D eigenvalue weighted by Crippen LogP contribution is 2.08. The molecular formula is C8H7N5O2S. The average molecular weight is 237 g/mol. The second-order valence-corrected chi connectivity index (χ2v) is 3.27. The molecule has 0 saturated carbocycles. The van der Waals surface area contributed by atoms with Crippen molar-refractivity contribution in [2.24, 2.45) is 0 Å². The molecule has 0 aliphatic rings. The summed E-state index contributed by atoms with van der Waals surface area (Å²) in [6.07, 6.45) is 0. The third-order valence-corrected chi connectivity index (χ3v) is 2.23. The zero-order chi connectivity index (χ0) is 11.5. The van der Waals surface area contributed by atoms with Gasteiger partial charge in [-0.05, 0) is 36.5 Å². The van der Waals surface area contributed by atoms with E-state index in [-0.39, 0.29) is 0 Å². The average Bonchev–Trinajstić information content (AvgIpc) is 2.75. The normalized spacial score (nSPS) is 10.1. The molecular weight excluding hydrogens is 230 g/mol. The standard InChI is InChI=1S/C8H7N5O2S/c14-7(10-15)5-1-3-6(4-2-5)13-8(16)9-11-12-13/h1-4,15H,(H,10,14)(H,9,12,16). The van der Waals surface area contributed by atoms with Crippen LogP contribution >= 0.6 is 12.2 Å². The van der Waals surface area contributed by atoms with Gasteiger partial charge >= 0.3 is 0 Å². The number of aromatic amines is 1. The molecule has 1 amide bonds. The van der Waals surface area contributed by atoms with Crippen LogP contribution in [0.1, 0.15) is 10.4 Å². The van der Waals surface area contributed by atoms with Crippen LogP contribution in [0.15, 0.2) is 24.3 Å². The van der Waals surface area contributed by atoms with E-state index in [4.69, 9.17) is 17.4 Å². The van der Waals surface area contributed by atoms with E-state index in [0.29, 0.717) is 16.0 Å². The monoisotopic (exact) mass is 237 g/mol. The smallest absolute Gasteiger partial charge is 0.274 e. The first-order valence-corrected chi connectivity index (χ1v) is 4.68. The molecule has 0 unspecified atom stereocenters. The summed E-state index contributed by atoms with van der Waals surface area (Å²) in [5.41, 5.74) is 2.58. The maximum Gasteiger partial charge on any atom is 0.274 e. The van der Waals surface area contributed by atoms with E-state index in [1.54, 1.807) is 29.7 Å². The predicted molar refractivity (Wildman–Crippen MR) is 55.8 cm³/mol. The highest BCUT2D eigenvalue weighted by atomic mass is 32.1. The van der Waals surface area contributed by atoms with Crippen LogP contribution in [0.2, 0.25) is 0 Å². The predicted octanol–water partition coefficient (Wildman–Crippen LogP) is 0.444. The number of nitrogens with one attached hydrogen (secondary N) is 2. The van der Waals surface area contributed by atoms with Gasteiger partial charge in [0.25, 0.3) is 5.91 Å². The largest absolute Gasteiger partial charge is 0.288 e. The number of hydrogen-bond acceptors (Lipinski definition) is 5. The fourth-order valence-corrected chi connectivity index (χ4v) is 1.38. The molecule has 0 aliphatic heterocycles. The van der Waals surface area contributed by atoms with Crippen LogP contribution in [0.3, 0.4) is 0 Å². The Morgan fingerprint density at radius 1 is 1.44 bits per heavy atom. The molecule has 2 rings (SSSR count). The minimum atomic E-state index is -0.571. The molecule has 1 aromatic carbocycles. The number of carbonyl (C=O) groups is 1. The second kappa shape index (κ2) is 4.21. The summed E-state index contributed by atoms with van der Waals surface area (Å²) >= 11 is 4.91. The van der Waals surface area contributed by atoms with Crippen molar-refractivity contribution in [1.82, 2.24) is 25.7 Å². The van der Waals surface area contributed by atoms with Crippen molar-refractivity contribution in [2.75, 3.05) is 0 Å². The summed E-state index contributed by atoms with van der Waals surface area (Å²) in [5, 5.41) is 18.2. The summed E-state index contributed by atoms with van der Waals surface area (Å²) in [7, 11) is 0. The fraction of sp³-hybridized carbons (Fsp3) is 0. The van der Waals surface area contributed by atoms with Crippen LogP contribution in [0, 0.1) is 4.77 Å². The van der Waals surface area contributed by atoms with E-state index in [1.165, 1.54) is 4.68 Å². The molecule has 8 heteroatoms. The molecule has 0 fully saturated rings. The van der Waals surface area contributed by atoms with E-state index >= 15 is 0 Å². The Labute approximate surface area is 94.7 Å². The summed E-state index contributed by atoms with van der Waals surface area (Å²) in [5.74, 6) is -0.571.